The molecular weight excluding hydrogens is 338 g/mol. The highest BCUT2D eigenvalue weighted by Gasteiger charge is 2.22. The fraction of sp³-hybridized carbons (Fsp3) is 0.154. The van der Waals surface area contributed by atoms with Gasteiger partial charge in [-0.25, -0.2) is 13.4 Å². The number of nitrogens with two attached hydrogens (primary N) is 1. The second-order valence-corrected chi connectivity index (χ2v) is 7.54. The topological polar surface area (TPSA) is 124 Å². The van der Waals surface area contributed by atoms with Gasteiger partial charge in [0.25, 0.3) is 5.56 Å². The van der Waals surface area contributed by atoms with Gasteiger partial charge in [-0.2, -0.15) is 9.07 Å². The van der Waals surface area contributed by atoms with Gasteiger partial charge in [-0.3, -0.25) is 9.89 Å². The zero-order valence-corrected chi connectivity index (χ0v) is 13.9. The maximum atomic E-state index is 12.6. The second-order valence-electron chi connectivity index (χ2n) is 4.83. The molecule has 0 unspecified atom stereocenters. The number of nitrogens with one attached hydrogen (secondary N) is 1. The molecule has 0 bridgehead atoms. The van der Waals surface area contributed by atoms with Gasteiger partial charge in [0, 0.05) is 10.5 Å². The number of thioether (sulfide) groups is 1. The van der Waals surface area contributed by atoms with E-state index in [2.05, 4.69) is 15.2 Å². The van der Waals surface area contributed by atoms with Crippen LogP contribution in [0.2, 0.25) is 0 Å². The largest absolute Gasteiger partial charge is 0.381 e. The van der Waals surface area contributed by atoms with Crippen molar-refractivity contribution in [3.8, 4) is 11.4 Å². The van der Waals surface area contributed by atoms with E-state index in [1.807, 2.05) is 18.4 Å². The van der Waals surface area contributed by atoms with E-state index in [9.17, 15) is 13.2 Å². The Labute approximate surface area is 135 Å². The molecule has 8 nitrogen and oxygen atoms in total. The first kappa shape index (κ1) is 15.6. The SMILES string of the molecule is CSc1ccc(-c2nc3[nH]nc(N)c3c(=O)n2S(C)(=O)=O)cc1. The maximum Gasteiger partial charge on any atom is 0.280 e. The number of fused-ring (bicyclic) bond motifs is 1. The number of nitrogen functional groups attached to an aromatic ring is 1. The van der Waals surface area contributed by atoms with Gasteiger partial charge in [0.1, 0.15) is 5.39 Å². The molecule has 3 N–H and O–H groups in total. The van der Waals surface area contributed by atoms with Crippen molar-refractivity contribution in [2.24, 2.45) is 0 Å². The van der Waals surface area contributed by atoms with Crippen molar-refractivity contribution in [3.05, 3.63) is 34.6 Å². The van der Waals surface area contributed by atoms with E-state index in [4.69, 9.17) is 5.73 Å². The van der Waals surface area contributed by atoms with E-state index < -0.39 is 15.6 Å². The third-order valence-corrected chi connectivity index (χ3v) is 5.01. The maximum absolute atomic E-state index is 12.6. The zero-order valence-electron chi connectivity index (χ0n) is 12.3. The molecule has 10 heteroatoms. The number of aromatic nitrogens is 4. The molecular formula is C13H13N5O3S2. The molecule has 0 saturated heterocycles. The Morgan fingerprint density at radius 3 is 2.48 bits per heavy atom. The first-order valence-corrected chi connectivity index (χ1v) is 9.52. The first-order valence-electron chi connectivity index (χ1n) is 6.44. The van der Waals surface area contributed by atoms with Crippen molar-refractivity contribution >= 4 is 38.6 Å². The Hall–Kier alpha value is -2.33. The van der Waals surface area contributed by atoms with Gasteiger partial charge in [0.2, 0.25) is 10.0 Å². The number of hydrogen-bond donors (Lipinski definition) is 2. The molecule has 2 aromatic heterocycles. The van der Waals surface area contributed by atoms with Crippen molar-refractivity contribution in [1.29, 1.82) is 0 Å². The van der Waals surface area contributed by atoms with Crippen molar-refractivity contribution < 1.29 is 8.42 Å². The lowest BCUT2D eigenvalue weighted by atomic mass is 10.2. The van der Waals surface area contributed by atoms with Gasteiger partial charge in [-0.1, -0.05) is 12.1 Å². The minimum Gasteiger partial charge on any atom is -0.381 e. The molecule has 0 aliphatic carbocycles. The summed E-state index contributed by atoms with van der Waals surface area (Å²) in [6, 6.07) is 7.07. The summed E-state index contributed by atoms with van der Waals surface area (Å²) in [6.45, 7) is 0. The average molecular weight is 351 g/mol. The van der Waals surface area contributed by atoms with Crippen LogP contribution in [0.5, 0.6) is 0 Å². The number of benzene rings is 1. The lowest BCUT2D eigenvalue weighted by Gasteiger charge is -2.10. The molecule has 1 aromatic carbocycles. The third kappa shape index (κ3) is 2.59. The highest BCUT2D eigenvalue weighted by atomic mass is 32.2. The third-order valence-electron chi connectivity index (χ3n) is 3.26. The average Bonchev–Trinajstić information content (AvgIpc) is 2.87. The summed E-state index contributed by atoms with van der Waals surface area (Å²) in [5, 5.41) is 6.22. The van der Waals surface area contributed by atoms with E-state index in [0.717, 1.165) is 11.2 Å². The Balaban J connectivity index is 2.41. The summed E-state index contributed by atoms with van der Waals surface area (Å²) in [5.74, 6) is -0.0690. The quantitative estimate of drug-likeness (QED) is 0.672. The monoisotopic (exact) mass is 351 g/mol. The van der Waals surface area contributed by atoms with Crippen LogP contribution < -0.4 is 11.3 Å². The molecule has 3 aromatic rings. The zero-order chi connectivity index (χ0) is 16.8. The van der Waals surface area contributed by atoms with Crippen molar-refractivity contribution in [1.82, 2.24) is 19.2 Å². The van der Waals surface area contributed by atoms with Crippen LogP contribution in [0.25, 0.3) is 22.4 Å². The van der Waals surface area contributed by atoms with Crippen molar-refractivity contribution in [2.75, 3.05) is 18.2 Å². The van der Waals surface area contributed by atoms with Gasteiger partial charge in [0.05, 0.1) is 6.26 Å². The molecule has 120 valence electrons. The van der Waals surface area contributed by atoms with Crippen LogP contribution in [0.4, 0.5) is 5.82 Å². The van der Waals surface area contributed by atoms with Gasteiger partial charge in [-0.15, -0.1) is 11.8 Å². The lowest BCUT2D eigenvalue weighted by molar-refractivity contribution is 0.592. The Morgan fingerprint density at radius 1 is 1.26 bits per heavy atom. The minimum atomic E-state index is -3.87. The number of H-pyrrole nitrogens is 1. The summed E-state index contributed by atoms with van der Waals surface area (Å²) in [4.78, 5) is 17.8. The van der Waals surface area contributed by atoms with E-state index in [-0.39, 0.29) is 22.7 Å². The number of nitrogens with zero attached hydrogens (tertiary/aromatic N) is 3. The van der Waals surface area contributed by atoms with E-state index in [1.54, 1.807) is 23.9 Å². The molecule has 0 atom stereocenters. The van der Waals surface area contributed by atoms with Crippen LogP contribution in [-0.2, 0) is 10.0 Å². The Morgan fingerprint density at radius 2 is 1.91 bits per heavy atom. The van der Waals surface area contributed by atoms with Gasteiger partial charge in [-0.05, 0) is 18.4 Å². The minimum absolute atomic E-state index is 0.0151. The van der Waals surface area contributed by atoms with Gasteiger partial charge < -0.3 is 5.73 Å². The molecule has 0 aliphatic rings. The van der Waals surface area contributed by atoms with Crippen LogP contribution in [0.1, 0.15) is 0 Å². The Bertz CT molecular complexity index is 1050. The molecule has 0 aliphatic heterocycles. The smallest absolute Gasteiger partial charge is 0.280 e. The molecule has 0 spiro atoms. The lowest BCUT2D eigenvalue weighted by Crippen LogP contribution is -2.29. The van der Waals surface area contributed by atoms with Crippen molar-refractivity contribution in [2.45, 2.75) is 4.90 Å². The molecule has 0 saturated carbocycles. The van der Waals surface area contributed by atoms with Gasteiger partial charge in [0.15, 0.2) is 17.3 Å². The second kappa shape index (κ2) is 5.39. The Kier molecular flexibility index (Phi) is 3.65. The number of rotatable bonds is 3. The number of aromatic amines is 1. The van der Waals surface area contributed by atoms with Gasteiger partial charge >= 0.3 is 0 Å². The fourth-order valence-corrected chi connectivity index (χ4v) is 3.48. The summed E-state index contributed by atoms with van der Waals surface area (Å²) >= 11 is 1.55. The summed E-state index contributed by atoms with van der Waals surface area (Å²) in [5.41, 5.74) is 5.50. The van der Waals surface area contributed by atoms with E-state index in [1.165, 1.54) is 0 Å². The fourth-order valence-electron chi connectivity index (χ4n) is 2.22. The van der Waals surface area contributed by atoms with E-state index in [0.29, 0.717) is 9.54 Å². The van der Waals surface area contributed by atoms with Crippen LogP contribution in [0, 0.1) is 0 Å². The van der Waals surface area contributed by atoms with Crippen LogP contribution in [-0.4, -0.2) is 40.1 Å². The summed E-state index contributed by atoms with van der Waals surface area (Å²) < 4.78 is 24.8. The van der Waals surface area contributed by atoms with Crippen LogP contribution >= 0.6 is 11.8 Å². The van der Waals surface area contributed by atoms with E-state index >= 15 is 0 Å². The number of anilines is 1. The highest BCUT2D eigenvalue weighted by molar-refractivity contribution is 7.98. The molecule has 0 amide bonds. The van der Waals surface area contributed by atoms with Crippen molar-refractivity contribution in [3.63, 3.8) is 0 Å². The molecule has 0 radical (unpaired) electrons. The molecule has 0 fully saturated rings. The summed E-state index contributed by atoms with van der Waals surface area (Å²) in [7, 11) is -3.87. The predicted molar refractivity (Wildman–Crippen MR) is 90.0 cm³/mol. The van der Waals surface area contributed by atoms with Crippen LogP contribution in [0.3, 0.4) is 0 Å². The molecule has 23 heavy (non-hydrogen) atoms. The molecule has 3 rings (SSSR count). The normalized spacial score (nSPS) is 11.9. The first-order chi connectivity index (χ1) is 10.8. The number of hydrogen-bond acceptors (Lipinski definition) is 7. The van der Waals surface area contributed by atoms with Crippen LogP contribution in [0.15, 0.2) is 34.0 Å². The predicted octanol–water partition coefficient (Wildman–Crippen LogP) is 0.898. The standard InChI is InChI=1S/C13H13N5O3S2/c1-22-8-5-3-7(4-6-8)12-15-11-9(10(14)16-17-11)13(19)18(12)23(2,20)21/h3-6H,1-2H3,(H3,14,16,17). The highest BCUT2D eigenvalue weighted by Crippen LogP contribution is 2.23. The summed E-state index contributed by atoms with van der Waals surface area (Å²) in [6.07, 6.45) is 2.87. The molecule has 2 heterocycles.